The van der Waals surface area contributed by atoms with E-state index in [4.69, 9.17) is 4.18 Å². The van der Waals surface area contributed by atoms with Crippen LogP contribution in [0.4, 0.5) is 5.69 Å². The van der Waals surface area contributed by atoms with Crippen molar-refractivity contribution in [3.8, 4) is 5.75 Å². The molecule has 6 heteroatoms. The topological polar surface area (TPSA) is 72.5 Å². The molecule has 5 nitrogen and oxygen atoms in total. The molecule has 0 aliphatic heterocycles. The number of carbonyl (C=O) groups is 1. The summed E-state index contributed by atoms with van der Waals surface area (Å²) in [4.78, 5) is 11.4. The average Bonchev–Trinajstić information content (AvgIpc) is 2.51. The summed E-state index contributed by atoms with van der Waals surface area (Å²) in [6.45, 7) is 7.32. The number of amides is 1. The Balaban J connectivity index is 2.26. The summed E-state index contributed by atoms with van der Waals surface area (Å²) in [7, 11) is -3.93. The highest BCUT2D eigenvalue weighted by Crippen LogP contribution is 2.28. The molecule has 0 unspecified atom stereocenters. The van der Waals surface area contributed by atoms with Gasteiger partial charge in [-0.3, -0.25) is 4.79 Å². The molecular weight excluding hydrogens is 326 g/mol. The van der Waals surface area contributed by atoms with Crippen molar-refractivity contribution in [3.63, 3.8) is 0 Å². The smallest absolute Gasteiger partial charge is 0.339 e. The van der Waals surface area contributed by atoms with Crippen LogP contribution in [0.15, 0.2) is 41.3 Å². The summed E-state index contributed by atoms with van der Waals surface area (Å²) in [5.41, 5.74) is 3.13. The van der Waals surface area contributed by atoms with Gasteiger partial charge in [-0.25, -0.2) is 0 Å². The van der Waals surface area contributed by atoms with Crippen molar-refractivity contribution in [2.45, 2.75) is 39.0 Å². The molecule has 0 saturated heterocycles. The molecule has 0 heterocycles. The molecule has 0 atom stereocenters. The van der Waals surface area contributed by atoms with E-state index in [2.05, 4.69) is 5.32 Å². The fourth-order valence-corrected chi connectivity index (χ4v) is 3.46. The van der Waals surface area contributed by atoms with Crippen LogP contribution in [0.3, 0.4) is 0 Å². The van der Waals surface area contributed by atoms with Crippen LogP contribution in [0.1, 0.15) is 30.0 Å². The van der Waals surface area contributed by atoms with Gasteiger partial charge in [0, 0.05) is 12.1 Å². The molecule has 2 aromatic carbocycles. The normalized spacial score (nSPS) is 11.2. The third-order valence-electron chi connectivity index (χ3n) is 3.55. The Hall–Kier alpha value is -2.34. The van der Waals surface area contributed by atoms with Gasteiger partial charge in [0.25, 0.3) is 0 Å². The van der Waals surface area contributed by atoms with Crippen molar-refractivity contribution in [1.29, 1.82) is 0 Å². The molecule has 128 valence electrons. The lowest BCUT2D eigenvalue weighted by atomic mass is 10.1. The van der Waals surface area contributed by atoms with Crippen molar-refractivity contribution in [3.05, 3.63) is 53.1 Å². The average molecular weight is 347 g/mol. The Morgan fingerprint density at radius 3 is 2.08 bits per heavy atom. The summed E-state index contributed by atoms with van der Waals surface area (Å²) >= 11 is 0. The predicted molar refractivity (Wildman–Crippen MR) is 93.8 cm³/mol. The molecule has 0 fully saturated rings. The fraction of sp³-hybridized carbons (Fsp3) is 0.278. The predicted octanol–water partition coefficient (Wildman–Crippen LogP) is 3.73. The highest BCUT2D eigenvalue weighted by Gasteiger charge is 2.19. The molecule has 0 aromatic heterocycles. The van der Waals surface area contributed by atoms with E-state index in [9.17, 15) is 13.2 Å². The number of carbonyl (C=O) groups excluding carboxylic acids is 1. The Morgan fingerprint density at radius 1 is 1.04 bits per heavy atom. The molecule has 1 N–H and O–H groups in total. The number of rotatable bonds is 5. The molecule has 1 amide bonds. The molecule has 0 spiro atoms. The number of aryl methyl sites for hydroxylation is 3. The minimum absolute atomic E-state index is 0.0383. The van der Waals surface area contributed by atoms with Crippen molar-refractivity contribution in [2.75, 3.05) is 5.32 Å². The zero-order valence-electron chi connectivity index (χ0n) is 14.2. The highest BCUT2D eigenvalue weighted by molar-refractivity contribution is 7.87. The van der Waals surface area contributed by atoms with Gasteiger partial charge in [0.2, 0.25) is 5.91 Å². The van der Waals surface area contributed by atoms with E-state index in [1.165, 1.54) is 12.1 Å². The van der Waals surface area contributed by atoms with Crippen LogP contribution in [-0.4, -0.2) is 14.3 Å². The minimum atomic E-state index is -3.93. The molecule has 24 heavy (non-hydrogen) atoms. The van der Waals surface area contributed by atoms with E-state index >= 15 is 0 Å². The second-order valence-corrected chi connectivity index (χ2v) is 7.24. The summed E-state index contributed by atoms with van der Waals surface area (Å²) in [5, 5.41) is 2.67. The quantitative estimate of drug-likeness (QED) is 0.837. The van der Waals surface area contributed by atoms with Gasteiger partial charge >= 0.3 is 10.1 Å². The third-order valence-corrected chi connectivity index (χ3v) is 4.78. The summed E-state index contributed by atoms with van der Waals surface area (Å²) in [6, 6.07) is 9.67. The number of benzene rings is 2. The lowest BCUT2D eigenvalue weighted by molar-refractivity contribution is -0.115. The van der Waals surface area contributed by atoms with Gasteiger partial charge in [0.1, 0.15) is 10.6 Å². The Bertz CT molecular complexity index is 832. The lowest BCUT2D eigenvalue weighted by Crippen LogP contribution is -2.12. The molecule has 0 bridgehead atoms. The van der Waals surface area contributed by atoms with E-state index in [0.717, 1.165) is 16.7 Å². The standard InChI is InChI=1S/C18H21NO4S/c1-5-17(20)19-15-6-8-16(9-7-15)24(21,22)23-18-13(3)10-12(2)11-14(18)4/h6-11H,5H2,1-4H3,(H,19,20). The maximum Gasteiger partial charge on any atom is 0.339 e. The number of hydrogen-bond donors (Lipinski definition) is 1. The Labute approximate surface area is 142 Å². The van der Waals surface area contributed by atoms with Crippen molar-refractivity contribution >= 4 is 21.7 Å². The fourth-order valence-electron chi connectivity index (χ4n) is 2.41. The zero-order chi connectivity index (χ0) is 17.9. The van der Waals surface area contributed by atoms with Crippen molar-refractivity contribution in [1.82, 2.24) is 0 Å². The SMILES string of the molecule is CCC(=O)Nc1ccc(S(=O)(=O)Oc2c(C)cc(C)cc2C)cc1. The molecule has 0 aliphatic carbocycles. The summed E-state index contributed by atoms with van der Waals surface area (Å²) in [5.74, 6) is 0.219. The molecular formula is C18H21NO4S. The van der Waals surface area contributed by atoms with E-state index in [1.807, 2.05) is 32.9 Å². The van der Waals surface area contributed by atoms with Crippen LogP contribution in [-0.2, 0) is 14.9 Å². The molecule has 0 saturated carbocycles. The summed E-state index contributed by atoms with van der Waals surface area (Å²) in [6.07, 6.45) is 0.356. The zero-order valence-corrected chi connectivity index (χ0v) is 15.0. The van der Waals surface area contributed by atoms with Gasteiger partial charge in [-0.1, -0.05) is 24.6 Å². The maximum atomic E-state index is 12.5. The molecule has 0 radical (unpaired) electrons. The third kappa shape index (κ3) is 4.14. The lowest BCUT2D eigenvalue weighted by Gasteiger charge is -2.13. The second-order valence-electron chi connectivity index (χ2n) is 5.69. The van der Waals surface area contributed by atoms with Crippen LogP contribution in [0.2, 0.25) is 0 Å². The largest absolute Gasteiger partial charge is 0.378 e. The number of anilines is 1. The van der Waals surface area contributed by atoms with Gasteiger partial charge in [0.15, 0.2) is 0 Å². The van der Waals surface area contributed by atoms with Gasteiger partial charge in [-0.05, 0) is 56.2 Å². The van der Waals surface area contributed by atoms with Gasteiger partial charge < -0.3 is 9.50 Å². The van der Waals surface area contributed by atoms with Crippen LogP contribution in [0, 0.1) is 20.8 Å². The Morgan fingerprint density at radius 2 is 1.58 bits per heavy atom. The van der Waals surface area contributed by atoms with Crippen molar-refractivity contribution in [2.24, 2.45) is 0 Å². The monoisotopic (exact) mass is 347 g/mol. The minimum Gasteiger partial charge on any atom is -0.378 e. The van der Waals surface area contributed by atoms with Gasteiger partial charge in [-0.2, -0.15) is 8.42 Å². The van der Waals surface area contributed by atoms with Crippen LogP contribution in [0.5, 0.6) is 5.75 Å². The highest BCUT2D eigenvalue weighted by atomic mass is 32.2. The first-order chi connectivity index (χ1) is 11.2. The van der Waals surface area contributed by atoms with Crippen LogP contribution >= 0.6 is 0 Å². The van der Waals surface area contributed by atoms with Gasteiger partial charge in [0.05, 0.1) is 0 Å². The first-order valence-electron chi connectivity index (χ1n) is 7.65. The molecule has 2 aromatic rings. The first kappa shape index (κ1) is 18.0. The number of nitrogens with one attached hydrogen (secondary N) is 1. The summed E-state index contributed by atoms with van der Waals surface area (Å²) < 4.78 is 30.3. The van der Waals surface area contributed by atoms with E-state index in [1.54, 1.807) is 19.1 Å². The number of hydrogen-bond acceptors (Lipinski definition) is 4. The first-order valence-corrected chi connectivity index (χ1v) is 9.06. The Kier molecular flexibility index (Phi) is 5.29. The van der Waals surface area contributed by atoms with Crippen molar-refractivity contribution < 1.29 is 17.4 Å². The van der Waals surface area contributed by atoms with E-state index in [0.29, 0.717) is 17.9 Å². The van der Waals surface area contributed by atoms with Crippen LogP contribution in [0.25, 0.3) is 0 Å². The molecule has 0 aliphatic rings. The van der Waals surface area contributed by atoms with Gasteiger partial charge in [-0.15, -0.1) is 0 Å². The van der Waals surface area contributed by atoms with E-state index in [-0.39, 0.29) is 10.8 Å². The maximum absolute atomic E-state index is 12.5. The van der Waals surface area contributed by atoms with E-state index < -0.39 is 10.1 Å². The van der Waals surface area contributed by atoms with Crippen LogP contribution < -0.4 is 9.50 Å². The molecule has 2 rings (SSSR count). The second kappa shape index (κ2) is 7.05.